The molecule has 1 aliphatic rings. The molecule has 0 spiro atoms. The van der Waals surface area contributed by atoms with Gasteiger partial charge in [0.05, 0.1) is 13.0 Å². The van der Waals surface area contributed by atoms with E-state index in [1.54, 1.807) is 7.11 Å². The van der Waals surface area contributed by atoms with E-state index in [1.807, 2.05) is 48.5 Å². The van der Waals surface area contributed by atoms with Crippen LogP contribution in [-0.2, 0) is 17.8 Å². The van der Waals surface area contributed by atoms with Crippen LogP contribution in [0, 0.1) is 5.92 Å². The molecule has 0 fully saturated rings. The first-order valence-corrected chi connectivity index (χ1v) is 7.37. The van der Waals surface area contributed by atoms with E-state index >= 15 is 0 Å². The van der Waals surface area contributed by atoms with Gasteiger partial charge in [-0.15, -0.1) is 0 Å². The van der Waals surface area contributed by atoms with Crippen LogP contribution in [0.25, 0.3) is 0 Å². The van der Waals surface area contributed by atoms with Gasteiger partial charge in [0, 0.05) is 6.54 Å². The maximum atomic E-state index is 12.3. The summed E-state index contributed by atoms with van der Waals surface area (Å²) in [5, 5.41) is 2.98. The van der Waals surface area contributed by atoms with Crippen LogP contribution in [0.5, 0.6) is 11.5 Å². The number of amides is 1. The molecule has 22 heavy (non-hydrogen) atoms. The summed E-state index contributed by atoms with van der Waals surface area (Å²) in [7, 11) is 1.63. The molecule has 2 aromatic rings. The maximum absolute atomic E-state index is 12.3. The van der Waals surface area contributed by atoms with Gasteiger partial charge in [0.15, 0.2) is 0 Å². The molecule has 0 saturated carbocycles. The van der Waals surface area contributed by atoms with Crippen LogP contribution in [0.1, 0.15) is 11.1 Å². The smallest absolute Gasteiger partial charge is 0.227 e. The van der Waals surface area contributed by atoms with E-state index in [2.05, 4.69) is 5.32 Å². The molecule has 1 amide bonds. The van der Waals surface area contributed by atoms with Gasteiger partial charge in [0.2, 0.25) is 5.91 Å². The number of ether oxygens (including phenoxy) is 2. The van der Waals surface area contributed by atoms with Gasteiger partial charge < -0.3 is 14.8 Å². The Morgan fingerprint density at radius 1 is 1.27 bits per heavy atom. The lowest BCUT2D eigenvalue weighted by molar-refractivity contribution is -0.126. The summed E-state index contributed by atoms with van der Waals surface area (Å²) in [5.41, 5.74) is 2.11. The van der Waals surface area contributed by atoms with Crippen molar-refractivity contribution in [1.82, 2.24) is 5.32 Å². The monoisotopic (exact) mass is 297 g/mol. The Hall–Kier alpha value is -2.49. The van der Waals surface area contributed by atoms with Gasteiger partial charge in [-0.25, -0.2) is 0 Å². The summed E-state index contributed by atoms with van der Waals surface area (Å²) < 4.78 is 10.9. The molecule has 3 rings (SSSR count). The zero-order chi connectivity index (χ0) is 15.4. The van der Waals surface area contributed by atoms with Crippen LogP contribution in [0.15, 0.2) is 48.5 Å². The van der Waals surface area contributed by atoms with Gasteiger partial charge in [-0.1, -0.05) is 30.3 Å². The standard InChI is InChI=1S/C18H19NO3/c1-21-16-7-8-17-14(10-16)9-15(12-22-17)18(20)19-11-13-5-3-2-4-6-13/h2-8,10,15H,9,11-12H2,1H3,(H,19,20). The summed E-state index contributed by atoms with van der Waals surface area (Å²) >= 11 is 0. The van der Waals surface area contributed by atoms with E-state index in [9.17, 15) is 4.79 Å². The lowest BCUT2D eigenvalue weighted by Crippen LogP contribution is -2.37. The zero-order valence-electron chi connectivity index (χ0n) is 12.5. The highest BCUT2D eigenvalue weighted by molar-refractivity contribution is 5.79. The third-order valence-corrected chi connectivity index (χ3v) is 3.85. The third-order valence-electron chi connectivity index (χ3n) is 3.85. The van der Waals surface area contributed by atoms with Crippen molar-refractivity contribution >= 4 is 5.91 Å². The molecule has 2 aromatic carbocycles. The number of methoxy groups -OCH3 is 1. The van der Waals surface area contributed by atoms with Crippen molar-refractivity contribution < 1.29 is 14.3 Å². The highest BCUT2D eigenvalue weighted by Gasteiger charge is 2.26. The van der Waals surface area contributed by atoms with Crippen LogP contribution in [-0.4, -0.2) is 19.6 Å². The third kappa shape index (κ3) is 3.22. The van der Waals surface area contributed by atoms with E-state index in [4.69, 9.17) is 9.47 Å². The Balaban J connectivity index is 1.62. The van der Waals surface area contributed by atoms with Gasteiger partial charge in [-0.3, -0.25) is 4.79 Å². The first kappa shape index (κ1) is 14.4. The first-order valence-electron chi connectivity index (χ1n) is 7.37. The molecular weight excluding hydrogens is 278 g/mol. The number of benzene rings is 2. The molecule has 1 atom stereocenters. The molecule has 4 nitrogen and oxygen atoms in total. The summed E-state index contributed by atoms with van der Waals surface area (Å²) in [5.74, 6) is 1.49. The summed E-state index contributed by atoms with van der Waals surface area (Å²) in [6, 6.07) is 15.6. The second kappa shape index (κ2) is 6.52. The van der Waals surface area contributed by atoms with E-state index < -0.39 is 0 Å². The fourth-order valence-corrected chi connectivity index (χ4v) is 2.60. The minimum Gasteiger partial charge on any atom is -0.497 e. The summed E-state index contributed by atoms with van der Waals surface area (Å²) in [6.07, 6.45) is 0.674. The SMILES string of the molecule is COc1ccc2c(c1)CC(C(=O)NCc1ccccc1)CO2. The van der Waals surface area contributed by atoms with Crippen LogP contribution in [0.2, 0.25) is 0 Å². The highest BCUT2D eigenvalue weighted by Crippen LogP contribution is 2.30. The Kier molecular flexibility index (Phi) is 4.28. The number of carbonyl (C=O) groups excluding carboxylic acids is 1. The number of hydrogen-bond donors (Lipinski definition) is 1. The van der Waals surface area contributed by atoms with Gasteiger partial charge >= 0.3 is 0 Å². The van der Waals surface area contributed by atoms with Crippen molar-refractivity contribution in [1.29, 1.82) is 0 Å². The Labute approximate surface area is 130 Å². The predicted octanol–water partition coefficient (Wildman–Crippen LogP) is 2.56. The van der Waals surface area contributed by atoms with Crippen LogP contribution in [0.4, 0.5) is 0 Å². The van der Waals surface area contributed by atoms with Gasteiger partial charge in [-0.05, 0) is 35.7 Å². The molecule has 1 unspecified atom stereocenters. The fraction of sp³-hybridized carbons (Fsp3) is 0.278. The molecule has 0 saturated heterocycles. The number of carbonyl (C=O) groups is 1. The lowest BCUT2D eigenvalue weighted by atomic mass is 9.95. The number of fused-ring (bicyclic) bond motifs is 1. The molecule has 0 aliphatic carbocycles. The second-order valence-corrected chi connectivity index (χ2v) is 5.39. The van der Waals surface area contributed by atoms with E-state index in [0.717, 1.165) is 22.6 Å². The van der Waals surface area contributed by atoms with Gasteiger partial charge in [0.25, 0.3) is 0 Å². The molecular formula is C18H19NO3. The number of rotatable bonds is 4. The van der Waals surface area contributed by atoms with Crippen molar-refractivity contribution in [3.63, 3.8) is 0 Å². The van der Waals surface area contributed by atoms with Crippen molar-refractivity contribution in [2.75, 3.05) is 13.7 Å². The number of hydrogen-bond acceptors (Lipinski definition) is 3. The molecule has 0 bridgehead atoms. The fourth-order valence-electron chi connectivity index (χ4n) is 2.60. The van der Waals surface area contributed by atoms with Crippen LogP contribution >= 0.6 is 0 Å². The molecule has 1 aliphatic heterocycles. The molecule has 1 N–H and O–H groups in total. The van der Waals surface area contributed by atoms with E-state index in [0.29, 0.717) is 19.6 Å². The molecule has 1 heterocycles. The Bertz CT molecular complexity index is 655. The molecule has 114 valence electrons. The quantitative estimate of drug-likeness (QED) is 0.943. The minimum atomic E-state index is -0.164. The highest BCUT2D eigenvalue weighted by atomic mass is 16.5. The molecule has 0 radical (unpaired) electrons. The topological polar surface area (TPSA) is 47.6 Å². The van der Waals surface area contributed by atoms with Crippen LogP contribution < -0.4 is 14.8 Å². The predicted molar refractivity (Wildman–Crippen MR) is 84.0 cm³/mol. The average molecular weight is 297 g/mol. The molecule has 4 heteroatoms. The molecule has 0 aromatic heterocycles. The lowest BCUT2D eigenvalue weighted by Gasteiger charge is -2.25. The van der Waals surface area contributed by atoms with Crippen molar-refractivity contribution in [2.24, 2.45) is 5.92 Å². The zero-order valence-corrected chi connectivity index (χ0v) is 12.5. The van der Waals surface area contributed by atoms with Crippen molar-refractivity contribution in [3.05, 3.63) is 59.7 Å². The van der Waals surface area contributed by atoms with Crippen molar-refractivity contribution in [3.8, 4) is 11.5 Å². The van der Waals surface area contributed by atoms with E-state index in [-0.39, 0.29) is 11.8 Å². The average Bonchev–Trinajstić information content (AvgIpc) is 2.59. The van der Waals surface area contributed by atoms with Crippen molar-refractivity contribution in [2.45, 2.75) is 13.0 Å². The number of nitrogens with one attached hydrogen (secondary N) is 1. The second-order valence-electron chi connectivity index (χ2n) is 5.39. The summed E-state index contributed by atoms with van der Waals surface area (Å²) in [6.45, 7) is 0.959. The maximum Gasteiger partial charge on any atom is 0.227 e. The van der Waals surface area contributed by atoms with Gasteiger partial charge in [-0.2, -0.15) is 0 Å². The van der Waals surface area contributed by atoms with E-state index in [1.165, 1.54) is 0 Å². The first-order chi connectivity index (χ1) is 10.8. The normalized spacial score (nSPS) is 16.3. The Morgan fingerprint density at radius 3 is 2.86 bits per heavy atom. The van der Waals surface area contributed by atoms with Gasteiger partial charge in [0.1, 0.15) is 18.1 Å². The minimum absolute atomic E-state index is 0.0253. The largest absolute Gasteiger partial charge is 0.497 e. The van der Waals surface area contributed by atoms with Crippen LogP contribution in [0.3, 0.4) is 0 Å². The summed E-state index contributed by atoms with van der Waals surface area (Å²) in [4.78, 5) is 12.3. The Morgan fingerprint density at radius 2 is 2.09 bits per heavy atom.